The van der Waals surface area contributed by atoms with Crippen molar-refractivity contribution in [2.24, 2.45) is 5.41 Å². The Labute approximate surface area is 132 Å². The molecule has 0 amide bonds. The molecule has 0 spiro atoms. The van der Waals surface area contributed by atoms with Crippen LogP contribution >= 0.6 is 11.6 Å². The van der Waals surface area contributed by atoms with Crippen LogP contribution in [0.1, 0.15) is 19.4 Å². The Morgan fingerprint density at radius 1 is 1.24 bits per heavy atom. The normalized spacial score (nSPS) is 14.6. The summed E-state index contributed by atoms with van der Waals surface area (Å²) in [5, 5.41) is 4.12. The predicted octanol–water partition coefficient (Wildman–Crippen LogP) is 2.79. The van der Waals surface area contributed by atoms with Gasteiger partial charge < -0.3 is 19.7 Å². The molecule has 0 fully saturated rings. The van der Waals surface area contributed by atoms with Gasteiger partial charge in [0.2, 0.25) is 0 Å². The number of halogens is 1. The third-order valence-corrected chi connectivity index (χ3v) is 3.61. The molecular weight excluding hydrogens is 288 g/mol. The summed E-state index contributed by atoms with van der Waals surface area (Å²) in [6.45, 7) is 8.42. The summed E-state index contributed by atoms with van der Waals surface area (Å²) in [6.07, 6.45) is 0. The predicted molar refractivity (Wildman–Crippen MR) is 86.5 cm³/mol. The minimum absolute atomic E-state index is 0.223. The third kappa shape index (κ3) is 4.77. The molecule has 0 aromatic heterocycles. The molecule has 1 N–H and O–H groups in total. The summed E-state index contributed by atoms with van der Waals surface area (Å²) < 4.78 is 11.1. The molecule has 1 aromatic rings. The Morgan fingerprint density at radius 2 is 1.95 bits per heavy atom. The molecule has 1 aliphatic rings. The van der Waals surface area contributed by atoms with Gasteiger partial charge in [-0.15, -0.1) is 0 Å². The van der Waals surface area contributed by atoms with Gasteiger partial charge in [-0.2, -0.15) is 0 Å². The van der Waals surface area contributed by atoms with E-state index in [9.17, 15) is 0 Å². The molecule has 0 saturated heterocycles. The maximum Gasteiger partial charge on any atom is 0.179 e. The van der Waals surface area contributed by atoms with E-state index in [0.717, 1.165) is 30.9 Å². The quantitative estimate of drug-likeness (QED) is 0.876. The van der Waals surface area contributed by atoms with Gasteiger partial charge in [0.1, 0.15) is 13.2 Å². The van der Waals surface area contributed by atoms with Crippen molar-refractivity contribution >= 4 is 11.6 Å². The second-order valence-electron chi connectivity index (χ2n) is 6.61. The number of fused-ring (bicyclic) bond motifs is 1. The molecule has 5 heteroatoms. The highest BCUT2D eigenvalue weighted by molar-refractivity contribution is 6.32. The molecule has 118 valence electrons. The van der Waals surface area contributed by atoms with Gasteiger partial charge in [-0.3, -0.25) is 0 Å². The van der Waals surface area contributed by atoms with Crippen molar-refractivity contribution in [3.05, 3.63) is 22.7 Å². The molecule has 0 radical (unpaired) electrons. The van der Waals surface area contributed by atoms with Crippen LogP contribution < -0.4 is 14.8 Å². The highest BCUT2D eigenvalue weighted by Gasteiger charge is 2.19. The van der Waals surface area contributed by atoms with Crippen molar-refractivity contribution in [3.8, 4) is 11.5 Å². The molecule has 21 heavy (non-hydrogen) atoms. The van der Waals surface area contributed by atoms with Gasteiger partial charge in [0, 0.05) is 19.6 Å². The molecule has 4 nitrogen and oxygen atoms in total. The zero-order valence-corrected chi connectivity index (χ0v) is 14.1. The lowest BCUT2D eigenvalue weighted by molar-refractivity contribution is 0.171. The van der Waals surface area contributed by atoms with E-state index >= 15 is 0 Å². The first-order valence-corrected chi connectivity index (χ1v) is 7.69. The molecule has 1 heterocycles. The first-order chi connectivity index (χ1) is 9.87. The number of hydrogen-bond donors (Lipinski definition) is 1. The molecule has 0 aliphatic carbocycles. The number of ether oxygens (including phenoxy) is 2. The van der Waals surface area contributed by atoms with Gasteiger partial charge in [-0.05, 0) is 37.2 Å². The van der Waals surface area contributed by atoms with E-state index < -0.39 is 0 Å². The standard InChI is InChI=1S/C16H25ClN2O2/c1-16(2,11-19(3)4)10-18-9-12-7-13(17)15-14(8-12)20-5-6-21-15/h7-8,18H,5-6,9-11H2,1-4H3. The van der Waals surface area contributed by atoms with Crippen molar-refractivity contribution in [1.82, 2.24) is 10.2 Å². The van der Waals surface area contributed by atoms with Crippen molar-refractivity contribution in [1.29, 1.82) is 0 Å². The molecule has 1 aromatic carbocycles. The summed E-state index contributed by atoms with van der Waals surface area (Å²) in [7, 11) is 4.20. The Kier molecular flexibility index (Phi) is 5.36. The lowest BCUT2D eigenvalue weighted by atomic mass is 9.93. The lowest BCUT2D eigenvalue weighted by Gasteiger charge is -2.28. The van der Waals surface area contributed by atoms with Crippen molar-refractivity contribution < 1.29 is 9.47 Å². The number of nitrogens with zero attached hydrogens (tertiary/aromatic N) is 1. The molecule has 0 saturated carbocycles. The zero-order valence-electron chi connectivity index (χ0n) is 13.3. The number of nitrogens with one attached hydrogen (secondary N) is 1. The van der Waals surface area contributed by atoms with Crippen LogP contribution in [0.2, 0.25) is 5.02 Å². The van der Waals surface area contributed by atoms with Gasteiger partial charge in [0.25, 0.3) is 0 Å². The zero-order chi connectivity index (χ0) is 15.5. The summed E-state index contributed by atoms with van der Waals surface area (Å²) in [6, 6.07) is 3.95. The second-order valence-corrected chi connectivity index (χ2v) is 7.01. The van der Waals surface area contributed by atoms with E-state index in [1.807, 2.05) is 12.1 Å². The van der Waals surface area contributed by atoms with Crippen LogP contribution in [-0.2, 0) is 6.54 Å². The SMILES string of the molecule is CN(C)CC(C)(C)CNCc1cc(Cl)c2c(c1)OCCO2. The molecular formula is C16H25ClN2O2. The van der Waals surface area contributed by atoms with E-state index in [2.05, 4.69) is 38.2 Å². The van der Waals surface area contributed by atoms with E-state index in [1.54, 1.807) is 0 Å². The third-order valence-electron chi connectivity index (χ3n) is 3.33. The van der Waals surface area contributed by atoms with E-state index in [0.29, 0.717) is 24.0 Å². The average molecular weight is 313 g/mol. The minimum atomic E-state index is 0.223. The van der Waals surface area contributed by atoms with Gasteiger partial charge >= 0.3 is 0 Å². The van der Waals surface area contributed by atoms with Gasteiger partial charge in [-0.1, -0.05) is 25.4 Å². The molecule has 1 aliphatic heterocycles. The maximum atomic E-state index is 6.25. The minimum Gasteiger partial charge on any atom is -0.486 e. The first-order valence-electron chi connectivity index (χ1n) is 7.31. The van der Waals surface area contributed by atoms with Crippen LogP contribution in [0.25, 0.3) is 0 Å². The molecule has 0 atom stereocenters. The largest absolute Gasteiger partial charge is 0.486 e. The van der Waals surface area contributed by atoms with Crippen LogP contribution in [0.3, 0.4) is 0 Å². The number of benzene rings is 1. The maximum absolute atomic E-state index is 6.25. The van der Waals surface area contributed by atoms with Gasteiger partial charge in [-0.25, -0.2) is 0 Å². The summed E-state index contributed by atoms with van der Waals surface area (Å²) >= 11 is 6.25. The number of rotatable bonds is 6. The van der Waals surface area contributed by atoms with Gasteiger partial charge in [0.15, 0.2) is 11.5 Å². The first kappa shape index (κ1) is 16.4. The van der Waals surface area contributed by atoms with Crippen LogP contribution in [0, 0.1) is 5.41 Å². The molecule has 0 unspecified atom stereocenters. The fourth-order valence-corrected chi connectivity index (χ4v) is 3.01. The van der Waals surface area contributed by atoms with E-state index in [4.69, 9.17) is 21.1 Å². The monoisotopic (exact) mass is 312 g/mol. The Balaban J connectivity index is 1.93. The van der Waals surface area contributed by atoms with E-state index in [1.165, 1.54) is 0 Å². The van der Waals surface area contributed by atoms with Gasteiger partial charge in [0.05, 0.1) is 5.02 Å². The fraction of sp³-hybridized carbons (Fsp3) is 0.625. The van der Waals surface area contributed by atoms with Crippen molar-refractivity contribution in [3.63, 3.8) is 0 Å². The molecule has 0 bridgehead atoms. The average Bonchev–Trinajstić information content (AvgIpc) is 2.37. The second kappa shape index (κ2) is 6.86. The molecule has 2 rings (SSSR count). The lowest BCUT2D eigenvalue weighted by Crippen LogP contribution is -2.37. The van der Waals surface area contributed by atoms with Crippen molar-refractivity contribution in [2.75, 3.05) is 40.4 Å². The Hall–Kier alpha value is -0.970. The van der Waals surface area contributed by atoms with Crippen molar-refractivity contribution in [2.45, 2.75) is 20.4 Å². The highest BCUT2D eigenvalue weighted by atomic mass is 35.5. The van der Waals surface area contributed by atoms with Crippen LogP contribution in [0.15, 0.2) is 12.1 Å². The Bertz CT molecular complexity index is 489. The topological polar surface area (TPSA) is 33.7 Å². The smallest absolute Gasteiger partial charge is 0.179 e. The summed E-state index contributed by atoms with van der Waals surface area (Å²) in [5.74, 6) is 1.41. The van der Waals surface area contributed by atoms with E-state index in [-0.39, 0.29) is 5.41 Å². The van der Waals surface area contributed by atoms with Crippen LogP contribution in [-0.4, -0.2) is 45.3 Å². The summed E-state index contributed by atoms with van der Waals surface area (Å²) in [5.41, 5.74) is 1.34. The Morgan fingerprint density at radius 3 is 2.67 bits per heavy atom. The van der Waals surface area contributed by atoms with Crippen LogP contribution in [0.4, 0.5) is 0 Å². The van der Waals surface area contributed by atoms with Crippen LogP contribution in [0.5, 0.6) is 11.5 Å². The highest BCUT2D eigenvalue weighted by Crippen LogP contribution is 2.38. The number of hydrogen-bond acceptors (Lipinski definition) is 4. The summed E-state index contributed by atoms with van der Waals surface area (Å²) in [4.78, 5) is 2.21. The fourth-order valence-electron chi connectivity index (χ4n) is 2.72.